The van der Waals surface area contributed by atoms with Crippen LogP contribution in [-0.4, -0.2) is 6.04 Å². The van der Waals surface area contributed by atoms with Crippen LogP contribution in [0.5, 0.6) is 0 Å². The van der Waals surface area contributed by atoms with Gasteiger partial charge in [0, 0.05) is 6.04 Å². The molecule has 3 atom stereocenters. The van der Waals surface area contributed by atoms with E-state index in [9.17, 15) is 0 Å². The van der Waals surface area contributed by atoms with Crippen LogP contribution in [0.4, 0.5) is 0 Å². The van der Waals surface area contributed by atoms with Crippen molar-refractivity contribution in [3.8, 4) is 0 Å². The fourth-order valence-corrected chi connectivity index (χ4v) is 3.95. The van der Waals surface area contributed by atoms with Gasteiger partial charge in [0.25, 0.3) is 0 Å². The Hall–Kier alpha value is -0.820. The van der Waals surface area contributed by atoms with Crippen LogP contribution in [0.2, 0.25) is 0 Å². The van der Waals surface area contributed by atoms with Crippen molar-refractivity contribution in [2.45, 2.75) is 65.3 Å². The average molecular weight is 259 g/mol. The molecule has 1 aliphatic rings. The van der Waals surface area contributed by atoms with Crippen molar-refractivity contribution in [2.24, 2.45) is 17.6 Å². The highest BCUT2D eigenvalue weighted by molar-refractivity contribution is 5.36. The minimum Gasteiger partial charge on any atom is -0.327 e. The molecule has 0 spiro atoms. The zero-order valence-electron chi connectivity index (χ0n) is 13.2. The van der Waals surface area contributed by atoms with Gasteiger partial charge in [-0.25, -0.2) is 0 Å². The fourth-order valence-electron chi connectivity index (χ4n) is 3.95. The number of rotatable bonds is 2. The van der Waals surface area contributed by atoms with E-state index in [2.05, 4.69) is 52.8 Å². The molecule has 1 saturated carbocycles. The van der Waals surface area contributed by atoms with Gasteiger partial charge in [-0.2, -0.15) is 0 Å². The van der Waals surface area contributed by atoms with E-state index in [-0.39, 0.29) is 5.41 Å². The molecule has 0 amide bonds. The first-order valence-corrected chi connectivity index (χ1v) is 7.65. The first-order valence-electron chi connectivity index (χ1n) is 7.65. The molecule has 19 heavy (non-hydrogen) atoms. The smallest absolute Gasteiger partial charge is 0.00780 e. The molecular weight excluding hydrogens is 230 g/mol. The van der Waals surface area contributed by atoms with Crippen molar-refractivity contribution in [2.75, 3.05) is 0 Å². The van der Waals surface area contributed by atoms with Gasteiger partial charge in [0.15, 0.2) is 0 Å². The molecule has 3 unspecified atom stereocenters. The minimum atomic E-state index is 0.176. The summed E-state index contributed by atoms with van der Waals surface area (Å²) in [5.41, 5.74) is 10.9. The van der Waals surface area contributed by atoms with Gasteiger partial charge >= 0.3 is 0 Å². The van der Waals surface area contributed by atoms with E-state index in [4.69, 9.17) is 5.73 Å². The third-order valence-electron chi connectivity index (χ3n) is 5.18. The van der Waals surface area contributed by atoms with E-state index >= 15 is 0 Å². The number of hydrogen-bond donors (Lipinski definition) is 1. The molecule has 0 saturated heterocycles. The first-order chi connectivity index (χ1) is 8.82. The van der Waals surface area contributed by atoms with E-state index in [1.807, 2.05) is 0 Å². The summed E-state index contributed by atoms with van der Waals surface area (Å²) in [5.74, 6) is 1.39. The van der Waals surface area contributed by atoms with Gasteiger partial charge in [-0.3, -0.25) is 0 Å². The van der Waals surface area contributed by atoms with Crippen molar-refractivity contribution in [3.63, 3.8) is 0 Å². The Balaban J connectivity index is 2.33. The monoisotopic (exact) mass is 259 g/mol. The predicted octanol–water partition coefficient (Wildman–Crippen LogP) is 4.34. The van der Waals surface area contributed by atoms with Gasteiger partial charge in [-0.1, -0.05) is 51.0 Å². The van der Waals surface area contributed by atoms with Crippen molar-refractivity contribution in [1.29, 1.82) is 0 Å². The van der Waals surface area contributed by atoms with Gasteiger partial charge in [0.1, 0.15) is 0 Å². The molecule has 0 heterocycles. The van der Waals surface area contributed by atoms with Gasteiger partial charge < -0.3 is 5.73 Å². The van der Waals surface area contributed by atoms with Crippen LogP contribution in [0.25, 0.3) is 0 Å². The maximum Gasteiger partial charge on any atom is 0.00780 e. The van der Waals surface area contributed by atoms with Crippen molar-refractivity contribution in [3.05, 3.63) is 34.9 Å². The summed E-state index contributed by atoms with van der Waals surface area (Å²) in [6.07, 6.45) is 3.77. The normalized spacial score (nSPS) is 28.4. The molecule has 0 aromatic heterocycles. The van der Waals surface area contributed by atoms with Gasteiger partial charge in [0.05, 0.1) is 0 Å². The highest BCUT2D eigenvalue weighted by Gasteiger charge is 2.38. The van der Waals surface area contributed by atoms with Crippen LogP contribution in [0.3, 0.4) is 0 Å². The lowest BCUT2D eigenvalue weighted by Crippen LogP contribution is -2.46. The quantitative estimate of drug-likeness (QED) is 0.840. The third kappa shape index (κ3) is 2.86. The summed E-state index contributed by atoms with van der Waals surface area (Å²) in [5, 5.41) is 0. The molecule has 0 bridgehead atoms. The molecule has 1 heteroatoms. The molecule has 0 aliphatic heterocycles. The Bertz CT molecular complexity index is 447. The van der Waals surface area contributed by atoms with Crippen molar-refractivity contribution >= 4 is 0 Å². The summed E-state index contributed by atoms with van der Waals surface area (Å²) in [6.45, 7) is 11.5. The molecule has 2 rings (SSSR count). The topological polar surface area (TPSA) is 26.0 Å². The maximum absolute atomic E-state index is 6.48. The standard InChI is InChI=1S/C18H29N/c1-12-6-8-14(3)16(10-12)18(4,5)15-9-7-13(2)11-17(15)19/h6,8,10,13,15,17H,7,9,11,19H2,1-5H3. The second-order valence-electron chi connectivity index (χ2n) is 7.23. The molecule has 1 nitrogen and oxygen atoms in total. The zero-order chi connectivity index (χ0) is 14.2. The number of aryl methyl sites for hydroxylation is 2. The van der Waals surface area contributed by atoms with Crippen molar-refractivity contribution in [1.82, 2.24) is 0 Å². The Morgan fingerprint density at radius 1 is 1.16 bits per heavy atom. The van der Waals surface area contributed by atoms with Crippen LogP contribution in [0, 0.1) is 25.7 Å². The SMILES string of the molecule is Cc1ccc(C)c(C(C)(C)C2CCC(C)CC2N)c1. The molecule has 2 N–H and O–H groups in total. The molecule has 1 aliphatic carbocycles. The lowest BCUT2D eigenvalue weighted by molar-refractivity contribution is 0.170. The van der Waals surface area contributed by atoms with E-state index < -0.39 is 0 Å². The Morgan fingerprint density at radius 2 is 1.84 bits per heavy atom. The van der Waals surface area contributed by atoms with Gasteiger partial charge in [-0.15, -0.1) is 0 Å². The molecular formula is C18H29N. The van der Waals surface area contributed by atoms with Crippen LogP contribution in [-0.2, 0) is 5.41 Å². The second-order valence-corrected chi connectivity index (χ2v) is 7.23. The molecule has 1 aromatic rings. The molecule has 1 fully saturated rings. The highest BCUT2D eigenvalue weighted by Crippen LogP contribution is 2.42. The van der Waals surface area contributed by atoms with Crippen LogP contribution >= 0.6 is 0 Å². The van der Waals surface area contributed by atoms with Crippen LogP contribution in [0.1, 0.15) is 56.7 Å². The first kappa shape index (κ1) is 14.6. The lowest BCUT2D eigenvalue weighted by atomic mass is 9.63. The Kier molecular flexibility index (Phi) is 4.06. The Labute approximate surface area is 118 Å². The number of nitrogens with two attached hydrogens (primary N) is 1. The summed E-state index contributed by atoms with van der Waals surface area (Å²) < 4.78 is 0. The largest absolute Gasteiger partial charge is 0.327 e. The van der Waals surface area contributed by atoms with Crippen LogP contribution < -0.4 is 5.73 Å². The van der Waals surface area contributed by atoms with E-state index in [1.54, 1.807) is 0 Å². The molecule has 106 valence electrons. The fraction of sp³-hybridized carbons (Fsp3) is 0.667. The Morgan fingerprint density at radius 3 is 2.47 bits per heavy atom. The van der Waals surface area contributed by atoms with E-state index in [0.29, 0.717) is 12.0 Å². The lowest BCUT2D eigenvalue weighted by Gasteiger charge is -2.44. The summed E-state index contributed by atoms with van der Waals surface area (Å²) >= 11 is 0. The van der Waals surface area contributed by atoms with Crippen LogP contribution in [0.15, 0.2) is 18.2 Å². The number of benzene rings is 1. The van der Waals surface area contributed by atoms with Crippen molar-refractivity contribution < 1.29 is 0 Å². The maximum atomic E-state index is 6.48. The van der Waals surface area contributed by atoms with Gasteiger partial charge in [-0.05, 0) is 55.1 Å². The average Bonchev–Trinajstić information content (AvgIpc) is 2.31. The minimum absolute atomic E-state index is 0.176. The van der Waals surface area contributed by atoms with Gasteiger partial charge in [0.2, 0.25) is 0 Å². The molecule has 0 radical (unpaired) electrons. The zero-order valence-corrected chi connectivity index (χ0v) is 13.2. The summed E-state index contributed by atoms with van der Waals surface area (Å²) in [7, 11) is 0. The highest BCUT2D eigenvalue weighted by atomic mass is 14.7. The molecule has 1 aromatic carbocycles. The second kappa shape index (κ2) is 5.28. The third-order valence-corrected chi connectivity index (χ3v) is 5.18. The predicted molar refractivity (Wildman–Crippen MR) is 83.4 cm³/mol. The van der Waals surface area contributed by atoms with E-state index in [0.717, 1.165) is 5.92 Å². The summed E-state index contributed by atoms with van der Waals surface area (Å²) in [4.78, 5) is 0. The van der Waals surface area contributed by atoms with E-state index in [1.165, 1.54) is 36.0 Å². The summed E-state index contributed by atoms with van der Waals surface area (Å²) in [6, 6.07) is 7.17. The number of hydrogen-bond acceptors (Lipinski definition) is 1.